The Morgan fingerprint density at radius 3 is 3.00 bits per heavy atom. The minimum atomic E-state index is -0.0986. The fourth-order valence-corrected chi connectivity index (χ4v) is 3.78. The van der Waals surface area contributed by atoms with E-state index in [2.05, 4.69) is 19.2 Å². The molecular weight excluding hydrogens is 273 g/mol. The second-order valence-corrected chi connectivity index (χ2v) is 7.33. The first-order valence-electron chi connectivity index (χ1n) is 7.29. The average molecular weight is 297 g/mol. The number of nitrogens with one attached hydrogen (secondary N) is 1. The van der Waals surface area contributed by atoms with Gasteiger partial charge in [-0.2, -0.15) is 0 Å². The van der Waals surface area contributed by atoms with E-state index < -0.39 is 0 Å². The first-order chi connectivity index (χ1) is 9.53. The Morgan fingerprint density at radius 1 is 1.45 bits per heavy atom. The lowest BCUT2D eigenvalue weighted by molar-refractivity contribution is 0.231. The topological polar surface area (TPSA) is 32.3 Å². The van der Waals surface area contributed by atoms with Crippen molar-refractivity contribution in [3.8, 4) is 0 Å². The molecule has 0 fully saturated rings. The second-order valence-electron chi connectivity index (χ2n) is 6.22. The fraction of sp³-hybridized carbons (Fsp3) is 0.625. The molecule has 2 nitrogen and oxygen atoms in total. The number of hydrogen-bond acceptors (Lipinski definition) is 3. The van der Waals surface area contributed by atoms with Crippen molar-refractivity contribution in [2.45, 2.75) is 44.0 Å². The summed E-state index contributed by atoms with van der Waals surface area (Å²) in [6.07, 6.45) is 2.87. The van der Waals surface area contributed by atoms with Gasteiger partial charge in [0.25, 0.3) is 0 Å². The summed E-state index contributed by atoms with van der Waals surface area (Å²) in [7, 11) is 0. The van der Waals surface area contributed by atoms with Crippen LogP contribution in [0.1, 0.15) is 44.7 Å². The van der Waals surface area contributed by atoms with Gasteiger partial charge in [-0.25, -0.2) is 4.39 Å². The first-order valence-corrected chi connectivity index (χ1v) is 8.27. The van der Waals surface area contributed by atoms with Gasteiger partial charge in [-0.05, 0) is 42.1 Å². The summed E-state index contributed by atoms with van der Waals surface area (Å²) in [5.74, 6) is 0.862. The van der Waals surface area contributed by atoms with E-state index in [-0.39, 0.29) is 23.9 Å². The number of benzene rings is 1. The van der Waals surface area contributed by atoms with Crippen molar-refractivity contribution >= 4 is 11.8 Å². The van der Waals surface area contributed by atoms with Crippen molar-refractivity contribution in [2.75, 3.05) is 18.9 Å². The molecule has 0 saturated heterocycles. The summed E-state index contributed by atoms with van der Waals surface area (Å²) in [5, 5.41) is 12.5. The molecule has 0 spiro atoms. The van der Waals surface area contributed by atoms with E-state index in [1.165, 1.54) is 0 Å². The fourth-order valence-electron chi connectivity index (χ4n) is 2.64. The Balaban J connectivity index is 2.00. The summed E-state index contributed by atoms with van der Waals surface area (Å²) >= 11 is 1.62. The van der Waals surface area contributed by atoms with Crippen LogP contribution >= 0.6 is 11.8 Å². The molecule has 2 rings (SSSR count). The standard InChI is InChI=1S/C16H24FNOS/c1-16(2,8-4-9-19)11-18-14-7-10-20-15-12(14)5-3-6-13(15)17/h3,5-6,14,18-19H,4,7-11H2,1-2H3. The summed E-state index contributed by atoms with van der Waals surface area (Å²) in [6, 6.07) is 5.61. The number of aliphatic hydroxyl groups is 1. The van der Waals surface area contributed by atoms with Crippen molar-refractivity contribution in [2.24, 2.45) is 5.41 Å². The highest BCUT2D eigenvalue weighted by Gasteiger charge is 2.25. The Morgan fingerprint density at radius 2 is 2.25 bits per heavy atom. The first kappa shape index (κ1) is 15.8. The summed E-state index contributed by atoms with van der Waals surface area (Å²) in [6.45, 7) is 5.55. The molecule has 1 heterocycles. The molecule has 0 bridgehead atoms. The Labute approximate surface area is 125 Å². The van der Waals surface area contributed by atoms with Crippen LogP contribution in [0.3, 0.4) is 0 Å². The molecule has 0 radical (unpaired) electrons. The number of aliphatic hydroxyl groups excluding tert-OH is 1. The van der Waals surface area contributed by atoms with E-state index in [0.717, 1.165) is 42.0 Å². The quantitative estimate of drug-likeness (QED) is 0.838. The highest BCUT2D eigenvalue weighted by molar-refractivity contribution is 7.99. The van der Waals surface area contributed by atoms with Crippen LogP contribution in [0.4, 0.5) is 4.39 Å². The second kappa shape index (κ2) is 6.92. The van der Waals surface area contributed by atoms with Gasteiger partial charge in [-0.15, -0.1) is 11.8 Å². The molecule has 112 valence electrons. The van der Waals surface area contributed by atoms with Gasteiger partial charge in [0.05, 0.1) is 0 Å². The molecular formula is C16H24FNOS. The zero-order valence-corrected chi connectivity index (χ0v) is 13.1. The van der Waals surface area contributed by atoms with Crippen molar-refractivity contribution < 1.29 is 9.50 Å². The van der Waals surface area contributed by atoms with Gasteiger partial charge in [0.15, 0.2) is 0 Å². The lowest BCUT2D eigenvalue weighted by Gasteiger charge is -2.31. The normalized spacial score (nSPS) is 18.9. The third-order valence-corrected chi connectivity index (χ3v) is 5.02. The largest absolute Gasteiger partial charge is 0.396 e. The number of hydrogen-bond donors (Lipinski definition) is 2. The Kier molecular flexibility index (Phi) is 5.47. The minimum Gasteiger partial charge on any atom is -0.396 e. The lowest BCUT2D eigenvalue weighted by atomic mass is 9.87. The monoisotopic (exact) mass is 297 g/mol. The van der Waals surface area contributed by atoms with E-state index in [1.807, 2.05) is 6.07 Å². The summed E-state index contributed by atoms with van der Waals surface area (Å²) < 4.78 is 13.8. The predicted molar refractivity (Wildman–Crippen MR) is 82.6 cm³/mol. The smallest absolute Gasteiger partial charge is 0.137 e. The third kappa shape index (κ3) is 3.96. The van der Waals surface area contributed by atoms with Crippen LogP contribution in [0.2, 0.25) is 0 Å². The molecule has 20 heavy (non-hydrogen) atoms. The van der Waals surface area contributed by atoms with Crippen LogP contribution < -0.4 is 5.32 Å². The van der Waals surface area contributed by atoms with Crippen LogP contribution in [-0.4, -0.2) is 24.0 Å². The maximum absolute atomic E-state index is 13.8. The molecule has 1 aromatic rings. The van der Waals surface area contributed by atoms with E-state index in [0.29, 0.717) is 0 Å². The van der Waals surface area contributed by atoms with E-state index in [4.69, 9.17) is 5.11 Å². The molecule has 0 saturated carbocycles. The summed E-state index contributed by atoms with van der Waals surface area (Å²) in [5.41, 5.74) is 1.25. The van der Waals surface area contributed by atoms with Crippen molar-refractivity contribution in [1.29, 1.82) is 0 Å². The van der Waals surface area contributed by atoms with Crippen LogP contribution in [0.25, 0.3) is 0 Å². The third-order valence-electron chi connectivity index (χ3n) is 3.86. The number of fused-ring (bicyclic) bond motifs is 1. The molecule has 4 heteroatoms. The van der Waals surface area contributed by atoms with Crippen LogP contribution in [0.5, 0.6) is 0 Å². The predicted octanol–water partition coefficient (Wildman–Crippen LogP) is 3.75. The van der Waals surface area contributed by atoms with Crippen molar-refractivity contribution in [3.63, 3.8) is 0 Å². The Bertz CT molecular complexity index is 450. The number of thioether (sulfide) groups is 1. The number of halogens is 1. The van der Waals surface area contributed by atoms with E-state index >= 15 is 0 Å². The molecule has 0 aromatic heterocycles. The van der Waals surface area contributed by atoms with Gasteiger partial charge in [-0.3, -0.25) is 0 Å². The molecule has 1 aromatic carbocycles. The maximum atomic E-state index is 13.8. The Hall–Kier alpha value is -0.580. The zero-order valence-electron chi connectivity index (χ0n) is 12.3. The van der Waals surface area contributed by atoms with E-state index in [9.17, 15) is 4.39 Å². The summed E-state index contributed by atoms with van der Waals surface area (Å²) in [4.78, 5) is 0.810. The highest BCUT2D eigenvalue weighted by Crippen LogP contribution is 2.38. The maximum Gasteiger partial charge on any atom is 0.137 e. The SMILES string of the molecule is CC(C)(CCCO)CNC1CCSc2c(F)cccc21. The van der Waals surface area contributed by atoms with Crippen LogP contribution in [0, 0.1) is 11.2 Å². The van der Waals surface area contributed by atoms with Gasteiger partial charge in [0, 0.05) is 24.1 Å². The van der Waals surface area contributed by atoms with Crippen molar-refractivity contribution in [1.82, 2.24) is 5.32 Å². The zero-order chi connectivity index (χ0) is 14.6. The van der Waals surface area contributed by atoms with Crippen LogP contribution in [0.15, 0.2) is 23.1 Å². The molecule has 2 N–H and O–H groups in total. The molecule has 0 amide bonds. The van der Waals surface area contributed by atoms with Gasteiger partial charge < -0.3 is 10.4 Å². The highest BCUT2D eigenvalue weighted by atomic mass is 32.2. The molecule has 1 aliphatic rings. The number of rotatable bonds is 6. The lowest BCUT2D eigenvalue weighted by Crippen LogP contribution is -2.34. The van der Waals surface area contributed by atoms with Gasteiger partial charge in [0.2, 0.25) is 0 Å². The van der Waals surface area contributed by atoms with Gasteiger partial charge in [-0.1, -0.05) is 26.0 Å². The average Bonchev–Trinajstić information content (AvgIpc) is 2.44. The molecule has 1 aliphatic heterocycles. The molecule has 1 unspecified atom stereocenters. The van der Waals surface area contributed by atoms with Gasteiger partial charge in [0.1, 0.15) is 5.82 Å². The molecule has 1 atom stereocenters. The van der Waals surface area contributed by atoms with E-state index in [1.54, 1.807) is 23.9 Å². The van der Waals surface area contributed by atoms with Crippen LogP contribution in [-0.2, 0) is 0 Å². The minimum absolute atomic E-state index is 0.0986. The van der Waals surface area contributed by atoms with Crippen molar-refractivity contribution in [3.05, 3.63) is 29.6 Å². The molecule has 0 aliphatic carbocycles. The van der Waals surface area contributed by atoms with Gasteiger partial charge >= 0.3 is 0 Å².